The van der Waals surface area contributed by atoms with Crippen molar-refractivity contribution in [1.29, 1.82) is 0 Å². The molecule has 1 aliphatic heterocycles. The van der Waals surface area contributed by atoms with Crippen LogP contribution >= 0.6 is 0 Å². The van der Waals surface area contributed by atoms with Crippen LogP contribution < -0.4 is 16.0 Å². The van der Waals surface area contributed by atoms with Crippen LogP contribution in [0.2, 0.25) is 0 Å². The van der Waals surface area contributed by atoms with Gasteiger partial charge in [0.2, 0.25) is 0 Å². The van der Waals surface area contributed by atoms with E-state index in [0.717, 1.165) is 19.6 Å². The highest BCUT2D eigenvalue weighted by atomic mass is 15.2. The Morgan fingerprint density at radius 3 is 3.00 bits per heavy atom. The number of nitrogens with one attached hydrogen (secondary N) is 3. The van der Waals surface area contributed by atoms with Gasteiger partial charge in [-0.25, -0.2) is 0 Å². The fraction of sp³-hybridized carbons (Fsp3) is 0.833. The van der Waals surface area contributed by atoms with Gasteiger partial charge in [0.25, 0.3) is 0 Å². The van der Waals surface area contributed by atoms with Gasteiger partial charge in [0.15, 0.2) is 0 Å². The molecular formula is C6H14N3. The van der Waals surface area contributed by atoms with Crippen LogP contribution in [0.4, 0.5) is 0 Å². The molecule has 0 bridgehead atoms. The van der Waals surface area contributed by atoms with Gasteiger partial charge in [-0.05, 0) is 6.92 Å². The van der Waals surface area contributed by atoms with Crippen LogP contribution in [-0.2, 0) is 0 Å². The number of rotatable bonds is 2. The van der Waals surface area contributed by atoms with Gasteiger partial charge in [-0.15, -0.1) is 0 Å². The fourth-order valence-electron chi connectivity index (χ4n) is 0.972. The van der Waals surface area contributed by atoms with Crippen molar-refractivity contribution in [3.63, 3.8) is 0 Å². The predicted molar refractivity (Wildman–Crippen MR) is 37.8 cm³/mol. The summed E-state index contributed by atoms with van der Waals surface area (Å²) in [7, 11) is 0. The van der Waals surface area contributed by atoms with Crippen molar-refractivity contribution in [2.45, 2.75) is 13.1 Å². The quantitative estimate of drug-likeness (QED) is 0.459. The largest absolute Gasteiger partial charge is 0.313 e. The Hall–Kier alpha value is -0.120. The Bertz CT molecular complexity index is 65.9. The van der Waals surface area contributed by atoms with Crippen molar-refractivity contribution in [2.24, 2.45) is 0 Å². The zero-order valence-electron chi connectivity index (χ0n) is 5.78. The van der Waals surface area contributed by atoms with Gasteiger partial charge in [-0.3, -0.25) is 10.6 Å². The first-order valence-electron chi connectivity index (χ1n) is 3.41. The second-order valence-corrected chi connectivity index (χ2v) is 2.17. The third-order valence-electron chi connectivity index (χ3n) is 1.41. The molecule has 3 heteroatoms. The minimum Gasteiger partial charge on any atom is -0.313 e. The van der Waals surface area contributed by atoms with Gasteiger partial charge in [0.1, 0.15) is 0 Å². The number of hydrogen-bond acceptors (Lipinski definition) is 3. The number of hydrogen-bond donors (Lipinski definition) is 3. The molecule has 3 nitrogen and oxygen atoms in total. The second-order valence-electron chi connectivity index (χ2n) is 2.17. The van der Waals surface area contributed by atoms with E-state index >= 15 is 0 Å². The Morgan fingerprint density at radius 1 is 1.56 bits per heavy atom. The maximum Gasteiger partial charge on any atom is 0.0703 e. The highest BCUT2D eigenvalue weighted by Crippen LogP contribution is 1.81. The minimum absolute atomic E-state index is 0.434. The molecule has 1 radical (unpaired) electrons. The van der Waals surface area contributed by atoms with Gasteiger partial charge < -0.3 is 5.32 Å². The van der Waals surface area contributed by atoms with Gasteiger partial charge in [0, 0.05) is 26.2 Å². The lowest BCUT2D eigenvalue weighted by Crippen LogP contribution is -2.54. The molecule has 0 saturated carbocycles. The molecule has 1 fully saturated rings. The average Bonchev–Trinajstić information content (AvgIpc) is 1.91. The average molecular weight is 128 g/mol. The van der Waals surface area contributed by atoms with E-state index in [0.29, 0.717) is 6.17 Å². The first-order valence-corrected chi connectivity index (χ1v) is 3.41. The van der Waals surface area contributed by atoms with Gasteiger partial charge in [0.05, 0.1) is 6.17 Å². The topological polar surface area (TPSA) is 36.1 Å². The standard InChI is InChI=1S/C6H14N3/c1-2-8-6-5-7-3-4-9-6/h2,6-9H,3-5H2,1H3. The van der Waals surface area contributed by atoms with E-state index in [4.69, 9.17) is 0 Å². The molecule has 1 rings (SSSR count). The first-order chi connectivity index (χ1) is 4.43. The predicted octanol–water partition coefficient (Wildman–Crippen LogP) is -0.723. The summed E-state index contributed by atoms with van der Waals surface area (Å²) in [6.45, 7) is 7.12. The van der Waals surface area contributed by atoms with Crippen LogP contribution in [0.3, 0.4) is 0 Å². The smallest absolute Gasteiger partial charge is 0.0703 e. The SMILES string of the molecule is C[CH]NC1CNCCN1. The summed E-state index contributed by atoms with van der Waals surface area (Å²) in [6, 6.07) is 0. The van der Waals surface area contributed by atoms with Crippen LogP contribution in [0.5, 0.6) is 0 Å². The van der Waals surface area contributed by atoms with Crippen LogP contribution in [0.15, 0.2) is 0 Å². The molecule has 0 aromatic carbocycles. The summed E-state index contributed by atoms with van der Waals surface area (Å²) < 4.78 is 0. The molecule has 9 heavy (non-hydrogen) atoms. The third kappa shape index (κ3) is 2.30. The summed E-state index contributed by atoms with van der Waals surface area (Å²) in [5.74, 6) is 0. The Kier molecular flexibility index (Phi) is 2.97. The van der Waals surface area contributed by atoms with Gasteiger partial charge in [-0.1, -0.05) is 0 Å². The molecule has 3 N–H and O–H groups in total. The van der Waals surface area contributed by atoms with E-state index in [1.54, 1.807) is 0 Å². The normalized spacial score (nSPS) is 28.3. The van der Waals surface area contributed by atoms with Crippen molar-refractivity contribution in [3.8, 4) is 0 Å². The fourth-order valence-corrected chi connectivity index (χ4v) is 0.972. The van der Waals surface area contributed by atoms with E-state index < -0.39 is 0 Å². The zero-order valence-corrected chi connectivity index (χ0v) is 5.78. The van der Waals surface area contributed by atoms with Crippen molar-refractivity contribution in [1.82, 2.24) is 16.0 Å². The summed E-state index contributed by atoms with van der Waals surface area (Å²) in [5, 5.41) is 9.78. The molecule has 1 atom stereocenters. The van der Waals surface area contributed by atoms with Crippen LogP contribution in [0.25, 0.3) is 0 Å². The zero-order chi connectivity index (χ0) is 6.53. The van der Waals surface area contributed by atoms with Crippen LogP contribution in [0.1, 0.15) is 6.92 Å². The van der Waals surface area contributed by atoms with Gasteiger partial charge in [-0.2, -0.15) is 0 Å². The van der Waals surface area contributed by atoms with Crippen molar-refractivity contribution >= 4 is 0 Å². The van der Waals surface area contributed by atoms with E-state index in [9.17, 15) is 0 Å². The van der Waals surface area contributed by atoms with Crippen molar-refractivity contribution in [2.75, 3.05) is 19.6 Å². The summed E-state index contributed by atoms with van der Waals surface area (Å²) in [6.07, 6.45) is 0.434. The molecule has 0 aromatic heterocycles. The lowest BCUT2D eigenvalue weighted by Gasteiger charge is -2.24. The summed E-state index contributed by atoms with van der Waals surface area (Å²) >= 11 is 0. The monoisotopic (exact) mass is 128 g/mol. The maximum absolute atomic E-state index is 3.32. The van der Waals surface area contributed by atoms with E-state index in [1.807, 2.05) is 13.5 Å². The summed E-state index contributed by atoms with van der Waals surface area (Å²) in [5.41, 5.74) is 0. The summed E-state index contributed by atoms with van der Waals surface area (Å²) in [4.78, 5) is 0. The van der Waals surface area contributed by atoms with Crippen LogP contribution in [0, 0.1) is 6.54 Å². The van der Waals surface area contributed by atoms with Crippen LogP contribution in [-0.4, -0.2) is 25.8 Å². The lowest BCUT2D eigenvalue weighted by atomic mass is 10.3. The number of piperazine rings is 1. The molecule has 1 saturated heterocycles. The molecular weight excluding hydrogens is 114 g/mol. The maximum atomic E-state index is 3.32. The molecule has 1 heterocycles. The molecule has 0 aliphatic carbocycles. The highest BCUT2D eigenvalue weighted by molar-refractivity contribution is 4.74. The second kappa shape index (κ2) is 3.82. The Morgan fingerprint density at radius 2 is 2.44 bits per heavy atom. The van der Waals surface area contributed by atoms with Gasteiger partial charge >= 0.3 is 0 Å². The molecule has 0 aromatic rings. The highest BCUT2D eigenvalue weighted by Gasteiger charge is 2.08. The first kappa shape index (κ1) is 6.99. The van der Waals surface area contributed by atoms with E-state index in [2.05, 4.69) is 16.0 Å². The Labute approximate surface area is 56.2 Å². The van der Waals surface area contributed by atoms with E-state index in [-0.39, 0.29) is 0 Å². The molecule has 1 aliphatic rings. The minimum atomic E-state index is 0.434. The molecule has 0 amide bonds. The Balaban J connectivity index is 2.08. The van der Waals surface area contributed by atoms with E-state index in [1.165, 1.54) is 0 Å². The lowest BCUT2D eigenvalue weighted by molar-refractivity contribution is 0.381. The molecule has 1 unspecified atom stereocenters. The van der Waals surface area contributed by atoms with Crippen molar-refractivity contribution in [3.05, 3.63) is 6.54 Å². The van der Waals surface area contributed by atoms with Crippen molar-refractivity contribution < 1.29 is 0 Å². The molecule has 0 spiro atoms. The molecule has 53 valence electrons. The third-order valence-corrected chi connectivity index (χ3v) is 1.41.